The van der Waals surface area contributed by atoms with E-state index in [1.165, 1.54) is 12.8 Å². The first-order chi connectivity index (χ1) is 17.7. The van der Waals surface area contributed by atoms with Gasteiger partial charge < -0.3 is 20.9 Å². The molecule has 37 heavy (non-hydrogen) atoms. The van der Waals surface area contributed by atoms with Gasteiger partial charge in [-0.25, -0.2) is 0 Å². The molecule has 2 aromatic carbocycles. The van der Waals surface area contributed by atoms with Crippen molar-refractivity contribution in [2.24, 2.45) is 11.7 Å². The molecule has 4 unspecified atom stereocenters. The Kier molecular flexibility index (Phi) is 4.16. The highest BCUT2D eigenvalue weighted by Gasteiger charge is 2.88. The maximum absolute atomic E-state index is 13.3. The summed E-state index contributed by atoms with van der Waals surface area (Å²) < 4.78 is 6.65. The van der Waals surface area contributed by atoms with Crippen LogP contribution in [0.3, 0.4) is 0 Å². The van der Waals surface area contributed by atoms with Gasteiger partial charge >= 0.3 is 0 Å². The summed E-state index contributed by atoms with van der Waals surface area (Å²) in [5.41, 5.74) is 7.90. The minimum Gasteiger partial charge on any atom is -0.486 e. The molecule has 4 aliphatic carbocycles. The van der Waals surface area contributed by atoms with Gasteiger partial charge in [0.15, 0.2) is 0 Å². The molecule has 2 spiro atoms. The SMILES string of the molecule is Cc1ccc(C(=O)N[C@@H]2CCC3(O)C4N(CC5CC5)C45Cc4ccc(C(N)=O)c6c4[C@@]3(C5)[C@H]2O6)cc1Cl. The fourth-order valence-electron chi connectivity index (χ4n) is 8.72. The molecule has 2 aliphatic heterocycles. The van der Waals surface area contributed by atoms with E-state index in [4.69, 9.17) is 22.1 Å². The minimum atomic E-state index is -0.978. The summed E-state index contributed by atoms with van der Waals surface area (Å²) in [6.07, 6.45) is 4.86. The summed E-state index contributed by atoms with van der Waals surface area (Å²) in [4.78, 5) is 28.3. The molecule has 2 amide bonds. The van der Waals surface area contributed by atoms with Crippen LogP contribution >= 0.6 is 11.6 Å². The largest absolute Gasteiger partial charge is 0.486 e. The van der Waals surface area contributed by atoms with E-state index in [1.807, 2.05) is 19.1 Å². The molecule has 8 heteroatoms. The zero-order valence-corrected chi connectivity index (χ0v) is 21.5. The number of nitrogens with zero attached hydrogens (tertiary/aromatic N) is 1. The Labute approximate surface area is 220 Å². The highest BCUT2D eigenvalue weighted by molar-refractivity contribution is 6.31. The van der Waals surface area contributed by atoms with E-state index >= 15 is 0 Å². The van der Waals surface area contributed by atoms with E-state index in [-0.39, 0.29) is 23.5 Å². The van der Waals surface area contributed by atoms with Crippen LogP contribution in [0.1, 0.15) is 69.5 Å². The van der Waals surface area contributed by atoms with Crippen LogP contribution < -0.4 is 15.8 Å². The van der Waals surface area contributed by atoms with E-state index < -0.39 is 23.0 Å². The normalized spacial score (nSPS) is 39.4. The summed E-state index contributed by atoms with van der Waals surface area (Å²) >= 11 is 6.30. The van der Waals surface area contributed by atoms with Crippen LogP contribution in [-0.2, 0) is 11.8 Å². The Balaban J connectivity index is 1.22. The molecule has 2 bridgehead atoms. The molecule has 0 aromatic heterocycles. The minimum absolute atomic E-state index is 0.0782. The van der Waals surface area contributed by atoms with Gasteiger partial charge in [-0.15, -0.1) is 0 Å². The van der Waals surface area contributed by atoms with E-state index in [0.717, 1.165) is 42.0 Å². The molecule has 0 radical (unpaired) electrons. The first-order valence-corrected chi connectivity index (χ1v) is 13.8. The van der Waals surface area contributed by atoms with Gasteiger partial charge in [0.1, 0.15) is 11.9 Å². The molecule has 1 saturated heterocycles. The topological polar surface area (TPSA) is 105 Å². The van der Waals surface area contributed by atoms with E-state index in [1.54, 1.807) is 18.2 Å². The second-order valence-electron chi connectivity index (χ2n) is 12.3. The third kappa shape index (κ3) is 2.60. The Bertz CT molecular complexity index is 1420. The van der Waals surface area contributed by atoms with E-state index in [2.05, 4.69) is 10.2 Å². The molecule has 7 atom stereocenters. The van der Waals surface area contributed by atoms with E-state index in [0.29, 0.717) is 34.7 Å². The first kappa shape index (κ1) is 22.4. The number of likely N-dealkylation sites (tertiary alicyclic amines) is 1. The van der Waals surface area contributed by atoms with Crippen LogP contribution in [0.2, 0.25) is 5.02 Å². The summed E-state index contributed by atoms with van der Waals surface area (Å²) in [6.45, 7) is 2.95. The van der Waals surface area contributed by atoms with Crippen molar-refractivity contribution in [2.45, 2.75) is 80.2 Å². The van der Waals surface area contributed by atoms with Crippen LogP contribution in [0.5, 0.6) is 5.75 Å². The van der Waals surface area contributed by atoms with Crippen LogP contribution in [0.4, 0.5) is 0 Å². The third-order valence-electron chi connectivity index (χ3n) is 10.4. The second kappa shape index (κ2) is 6.87. The number of aryl methyl sites for hydroxylation is 1. The number of benzene rings is 2. The Morgan fingerprint density at radius 1 is 1.24 bits per heavy atom. The molecule has 2 heterocycles. The maximum Gasteiger partial charge on any atom is 0.252 e. The van der Waals surface area contributed by atoms with Crippen molar-refractivity contribution in [1.82, 2.24) is 10.2 Å². The number of amides is 2. The number of hydrogen-bond donors (Lipinski definition) is 3. The zero-order valence-electron chi connectivity index (χ0n) is 20.7. The molecule has 7 nitrogen and oxygen atoms in total. The summed E-state index contributed by atoms with van der Waals surface area (Å²) in [5, 5.41) is 16.4. The van der Waals surface area contributed by atoms with Gasteiger partial charge in [-0.1, -0.05) is 23.7 Å². The van der Waals surface area contributed by atoms with Crippen LogP contribution in [-0.4, -0.2) is 57.7 Å². The predicted octanol–water partition coefficient (Wildman–Crippen LogP) is 2.86. The highest BCUT2D eigenvalue weighted by atomic mass is 35.5. The van der Waals surface area contributed by atoms with Gasteiger partial charge in [0.05, 0.1) is 28.7 Å². The molecule has 2 aromatic rings. The van der Waals surface area contributed by atoms with Gasteiger partial charge in [0.2, 0.25) is 0 Å². The monoisotopic (exact) mass is 519 g/mol. The lowest BCUT2D eigenvalue weighted by Gasteiger charge is -2.53. The number of nitrogens with one attached hydrogen (secondary N) is 1. The van der Waals surface area contributed by atoms with Crippen molar-refractivity contribution >= 4 is 23.4 Å². The number of hydrogen-bond acceptors (Lipinski definition) is 5. The molecule has 6 aliphatic rings. The molecule has 4 N–H and O–H groups in total. The number of aliphatic hydroxyl groups is 1. The predicted molar refractivity (Wildman–Crippen MR) is 137 cm³/mol. The van der Waals surface area contributed by atoms with Crippen molar-refractivity contribution in [3.8, 4) is 5.75 Å². The number of nitrogens with two attached hydrogens (primary N) is 1. The lowest BCUT2D eigenvalue weighted by atomic mass is 9.56. The lowest BCUT2D eigenvalue weighted by Crippen LogP contribution is -2.68. The first-order valence-electron chi connectivity index (χ1n) is 13.4. The summed E-state index contributed by atoms with van der Waals surface area (Å²) in [7, 11) is 0. The Morgan fingerprint density at radius 3 is 2.78 bits per heavy atom. The Morgan fingerprint density at radius 2 is 2.05 bits per heavy atom. The molecular weight excluding hydrogens is 490 g/mol. The molecule has 3 saturated carbocycles. The number of piperidine rings is 1. The van der Waals surface area contributed by atoms with E-state index in [9.17, 15) is 14.7 Å². The van der Waals surface area contributed by atoms with Gasteiger partial charge in [-0.2, -0.15) is 0 Å². The number of primary amides is 1. The fourth-order valence-corrected chi connectivity index (χ4v) is 8.90. The average molecular weight is 520 g/mol. The van der Waals surface area contributed by atoms with Crippen molar-refractivity contribution in [2.75, 3.05) is 6.54 Å². The molecule has 4 fully saturated rings. The number of carbonyl (C=O) groups excluding carboxylic acids is 2. The maximum atomic E-state index is 13.3. The number of fused-ring (bicyclic) bond motifs is 1. The average Bonchev–Trinajstić information content (AvgIpc) is 3.73. The number of rotatable bonds is 5. The molecule has 192 valence electrons. The number of carbonyl (C=O) groups is 2. The zero-order chi connectivity index (χ0) is 25.5. The summed E-state index contributed by atoms with van der Waals surface area (Å²) in [6, 6.07) is 8.85. The second-order valence-corrected chi connectivity index (χ2v) is 12.7. The third-order valence-corrected chi connectivity index (χ3v) is 10.8. The van der Waals surface area contributed by atoms with Crippen LogP contribution in [0, 0.1) is 12.8 Å². The Hall–Kier alpha value is -2.61. The standard InChI is InChI=1S/C29H30ClN3O4/c1-14-2-5-16(10-19(14)30)25(35)32-20-8-9-29(36)26-27(33(26)12-15-3-4-15)11-17-6-7-18(24(31)34)22-21(17)28(29,13-27)23(20)37-22/h2,5-7,10,15,20,23,26,36H,3-4,8-9,11-13H2,1H3,(H2,31,34)(H,32,35)/t20-,23+,26?,27?,28+,29?,33?/m1/s1. The van der Waals surface area contributed by atoms with Crippen molar-refractivity contribution in [3.63, 3.8) is 0 Å². The van der Waals surface area contributed by atoms with Gasteiger partial charge in [-0.3, -0.25) is 14.5 Å². The fraction of sp³-hybridized carbons (Fsp3) is 0.517. The van der Waals surface area contributed by atoms with Gasteiger partial charge in [0.25, 0.3) is 11.8 Å². The van der Waals surface area contributed by atoms with Gasteiger partial charge in [-0.05, 0) is 80.7 Å². The number of halogens is 1. The van der Waals surface area contributed by atoms with Crippen molar-refractivity contribution in [3.05, 3.63) is 63.2 Å². The van der Waals surface area contributed by atoms with Crippen LogP contribution in [0.15, 0.2) is 30.3 Å². The summed E-state index contributed by atoms with van der Waals surface area (Å²) in [5.74, 6) is 0.497. The van der Waals surface area contributed by atoms with Crippen molar-refractivity contribution in [1.29, 1.82) is 0 Å². The smallest absolute Gasteiger partial charge is 0.252 e. The van der Waals surface area contributed by atoms with Gasteiger partial charge in [0, 0.05) is 28.2 Å². The number of ether oxygens (including phenoxy) is 1. The lowest BCUT2D eigenvalue weighted by molar-refractivity contribution is -0.116. The van der Waals surface area contributed by atoms with Crippen molar-refractivity contribution < 1.29 is 19.4 Å². The molecular formula is C29H30ClN3O4. The quantitative estimate of drug-likeness (QED) is 0.527. The molecule has 8 rings (SSSR count). The van der Waals surface area contributed by atoms with Crippen LogP contribution in [0.25, 0.3) is 0 Å². The highest BCUT2D eigenvalue weighted by Crippen LogP contribution is 2.76.